The van der Waals surface area contributed by atoms with Gasteiger partial charge in [0.2, 0.25) is 5.91 Å². The van der Waals surface area contributed by atoms with Crippen molar-refractivity contribution in [2.24, 2.45) is 0 Å². The average Bonchev–Trinajstić information content (AvgIpc) is 2.83. The van der Waals surface area contributed by atoms with Gasteiger partial charge in [0.05, 0.1) is 13.0 Å². The molecular weight excluding hydrogens is 242 g/mol. The molecule has 0 spiro atoms. The summed E-state index contributed by atoms with van der Waals surface area (Å²) >= 11 is 5.75. The zero-order chi connectivity index (χ0) is 12.1. The molecule has 1 aromatic carbocycles. The van der Waals surface area contributed by atoms with Gasteiger partial charge in [-0.15, -0.1) is 10.2 Å². The summed E-state index contributed by atoms with van der Waals surface area (Å²) in [7, 11) is 0. The third kappa shape index (κ3) is 3.53. The average molecular weight is 252 g/mol. The highest BCUT2D eigenvalue weighted by molar-refractivity contribution is 6.30. The molecule has 88 valence electrons. The van der Waals surface area contributed by atoms with Gasteiger partial charge >= 0.3 is 0 Å². The molecule has 1 heterocycles. The molecule has 0 aliphatic carbocycles. The fraction of sp³-hybridized carbons (Fsp3) is 0.200. The van der Waals surface area contributed by atoms with Crippen LogP contribution in [0.25, 0.3) is 0 Å². The van der Waals surface area contributed by atoms with Crippen LogP contribution in [-0.4, -0.2) is 26.5 Å². The fourth-order valence-corrected chi connectivity index (χ4v) is 1.41. The van der Waals surface area contributed by atoms with Crippen LogP contribution < -0.4 is 5.32 Å². The van der Waals surface area contributed by atoms with Crippen LogP contribution >= 0.6 is 11.6 Å². The van der Waals surface area contributed by atoms with Crippen LogP contribution in [0.5, 0.6) is 0 Å². The second-order valence-electron chi connectivity index (χ2n) is 3.41. The molecule has 2 rings (SSSR count). The number of tetrazole rings is 1. The zero-order valence-electron chi connectivity index (χ0n) is 8.85. The normalized spacial score (nSPS) is 10.2. The first-order valence-corrected chi connectivity index (χ1v) is 5.35. The molecule has 0 unspecified atom stereocenters. The number of rotatable bonds is 4. The standard InChI is InChI=1S/C10H10ClN5O/c11-8-3-1-7(2-4-8)5-10(17)12-6-9-13-15-16-14-9/h1-4H,5-6H2,(H,12,17)(H,13,14,15,16). The van der Waals surface area contributed by atoms with E-state index in [1.165, 1.54) is 0 Å². The van der Waals surface area contributed by atoms with Crippen LogP contribution in [-0.2, 0) is 17.8 Å². The lowest BCUT2D eigenvalue weighted by molar-refractivity contribution is -0.120. The topological polar surface area (TPSA) is 83.6 Å². The highest BCUT2D eigenvalue weighted by Crippen LogP contribution is 2.09. The minimum atomic E-state index is -0.0999. The minimum Gasteiger partial charge on any atom is -0.348 e. The number of benzene rings is 1. The summed E-state index contributed by atoms with van der Waals surface area (Å²) in [4.78, 5) is 11.6. The minimum absolute atomic E-state index is 0.0999. The number of hydrogen-bond acceptors (Lipinski definition) is 4. The second kappa shape index (κ2) is 5.40. The fourth-order valence-electron chi connectivity index (χ4n) is 1.29. The van der Waals surface area contributed by atoms with Gasteiger partial charge in [0, 0.05) is 5.02 Å². The highest BCUT2D eigenvalue weighted by atomic mass is 35.5. The lowest BCUT2D eigenvalue weighted by atomic mass is 10.1. The van der Waals surface area contributed by atoms with E-state index in [1.807, 2.05) is 12.1 Å². The van der Waals surface area contributed by atoms with Gasteiger partial charge in [-0.2, -0.15) is 5.21 Å². The maximum absolute atomic E-state index is 11.6. The summed E-state index contributed by atoms with van der Waals surface area (Å²) in [6.45, 7) is 0.267. The van der Waals surface area contributed by atoms with Crippen LogP contribution in [0.15, 0.2) is 24.3 Å². The molecule has 0 bridgehead atoms. The van der Waals surface area contributed by atoms with Crippen molar-refractivity contribution in [1.82, 2.24) is 25.9 Å². The number of H-pyrrole nitrogens is 1. The van der Waals surface area contributed by atoms with Crippen molar-refractivity contribution >= 4 is 17.5 Å². The largest absolute Gasteiger partial charge is 0.348 e. The Kier molecular flexibility index (Phi) is 3.66. The Bertz CT molecular complexity index is 482. The molecule has 0 aliphatic heterocycles. The third-order valence-corrected chi connectivity index (χ3v) is 2.36. The molecular formula is C10H10ClN5O. The number of hydrogen-bond donors (Lipinski definition) is 2. The number of carbonyl (C=O) groups excluding carboxylic acids is 1. The first-order chi connectivity index (χ1) is 8.24. The lowest BCUT2D eigenvalue weighted by Gasteiger charge is -2.02. The van der Waals surface area contributed by atoms with Crippen molar-refractivity contribution in [2.45, 2.75) is 13.0 Å². The molecule has 0 atom stereocenters. The molecule has 1 amide bonds. The Morgan fingerprint density at radius 2 is 2.12 bits per heavy atom. The van der Waals surface area contributed by atoms with E-state index in [-0.39, 0.29) is 12.5 Å². The Morgan fingerprint density at radius 1 is 1.35 bits per heavy atom. The summed E-state index contributed by atoms with van der Waals surface area (Å²) < 4.78 is 0. The number of nitrogens with zero attached hydrogens (tertiary/aromatic N) is 3. The van der Waals surface area contributed by atoms with E-state index < -0.39 is 0 Å². The molecule has 2 aromatic rings. The highest BCUT2D eigenvalue weighted by Gasteiger charge is 2.04. The van der Waals surface area contributed by atoms with Gasteiger partial charge in [0.15, 0.2) is 5.82 Å². The molecule has 2 N–H and O–H groups in total. The van der Waals surface area contributed by atoms with E-state index in [0.29, 0.717) is 17.3 Å². The van der Waals surface area contributed by atoms with Gasteiger partial charge in [-0.25, -0.2) is 0 Å². The second-order valence-corrected chi connectivity index (χ2v) is 3.84. The predicted octanol–water partition coefficient (Wildman–Crippen LogP) is 0.712. The van der Waals surface area contributed by atoms with Gasteiger partial charge in [0.25, 0.3) is 0 Å². The predicted molar refractivity (Wildman–Crippen MR) is 61.2 cm³/mol. The van der Waals surface area contributed by atoms with Crippen LogP contribution in [0.3, 0.4) is 0 Å². The van der Waals surface area contributed by atoms with Gasteiger partial charge < -0.3 is 5.32 Å². The lowest BCUT2D eigenvalue weighted by Crippen LogP contribution is -2.25. The Morgan fingerprint density at radius 3 is 2.76 bits per heavy atom. The Balaban J connectivity index is 1.83. The third-order valence-electron chi connectivity index (χ3n) is 2.11. The summed E-state index contributed by atoms with van der Waals surface area (Å²) in [5.74, 6) is 0.353. The van der Waals surface area contributed by atoms with E-state index in [9.17, 15) is 4.79 Å². The molecule has 6 nitrogen and oxygen atoms in total. The van der Waals surface area contributed by atoms with E-state index in [2.05, 4.69) is 25.9 Å². The van der Waals surface area contributed by atoms with Crippen molar-refractivity contribution in [2.75, 3.05) is 0 Å². The van der Waals surface area contributed by atoms with E-state index >= 15 is 0 Å². The number of aromatic amines is 1. The SMILES string of the molecule is O=C(Cc1ccc(Cl)cc1)NCc1nn[nH]n1. The van der Waals surface area contributed by atoms with Crippen LogP contribution in [0, 0.1) is 0 Å². The molecule has 0 saturated carbocycles. The van der Waals surface area contributed by atoms with Crippen LogP contribution in [0.4, 0.5) is 0 Å². The van der Waals surface area contributed by atoms with Gasteiger partial charge in [0.1, 0.15) is 0 Å². The number of amides is 1. The number of aromatic nitrogens is 4. The van der Waals surface area contributed by atoms with Crippen molar-refractivity contribution in [1.29, 1.82) is 0 Å². The van der Waals surface area contributed by atoms with Crippen molar-refractivity contribution < 1.29 is 4.79 Å². The molecule has 0 aliphatic rings. The molecule has 0 saturated heterocycles. The monoisotopic (exact) mass is 251 g/mol. The van der Waals surface area contributed by atoms with Crippen molar-refractivity contribution in [3.05, 3.63) is 40.7 Å². The van der Waals surface area contributed by atoms with Gasteiger partial charge in [-0.3, -0.25) is 4.79 Å². The van der Waals surface area contributed by atoms with Crippen LogP contribution in [0.1, 0.15) is 11.4 Å². The maximum atomic E-state index is 11.6. The van der Waals surface area contributed by atoms with E-state index in [4.69, 9.17) is 11.6 Å². The molecule has 0 fully saturated rings. The zero-order valence-corrected chi connectivity index (χ0v) is 9.61. The Hall–Kier alpha value is -1.95. The maximum Gasteiger partial charge on any atom is 0.224 e. The smallest absolute Gasteiger partial charge is 0.224 e. The Labute approximate surface area is 102 Å². The van der Waals surface area contributed by atoms with E-state index in [1.54, 1.807) is 12.1 Å². The molecule has 1 aromatic heterocycles. The number of nitrogens with one attached hydrogen (secondary N) is 2. The molecule has 0 radical (unpaired) electrons. The quantitative estimate of drug-likeness (QED) is 0.838. The molecule has 17 heavy (non-hydrogen) atoms. The summed E-state index contributed by atoms with van der Waals surface area (Å²) in [5.41, 5.74) is 0.903. The molecule has 7 heteroatoms. The first kappa shape index (κ1) is 11.5. The van der Waals surface area contributed by atoms with E-state index in [0.717, 1.165) is 5.56 Å². The summed E-state index contributed by atoms with van der Waals surface area (Å²) in [5, 5.41) is 16.5. The van der Waals surface area contributed by atoms with Gasteiger partial charge in [-0.05, 0) is 17.7 Å². The van der Waals surface area contributed by atoms with Gasteiger partial charge in [-0.1, -0.05) is 28.9 Å². The summed E-state index contributed by atoms with van der Waals surface area (Å²) in [6.07, 6.45) is 0.301. The van der Waals surface area contributed by atoms with Crippen LogP contribution in [0.2, 0.25) is 5.02 Å². The number of halogens is 1. The first-order valence-electron chi connectivity index (χ1n) is 4.97. The number of carbonyl (C=O) groups is 1. The summed E-state index contributed by atoms with van der Waals surface area (Å²) in [6, 6.07) is 7.14. The van der Waals surface area contributed by atoms with Crippen molar-refractivity contribution in [3.8, 4) is 0 Å². The van der Waals surface area contributed by atoms with Crippen molar-refractivity contribution in [3.63, 3.8) is 0 Å².